The topological polar surface area (TPSA) is 183 Å². The average molecular weight is 473 g/mol. The van der Waals surface area contributed by atoms with Crippen LogP contribution in [0.3, 0.4) is 0 Å². The maximum Gasteiger partial charge on any atom is 0.255 e. The van der Waals surface area contributed by atoms with E-state index in [-0.39, 0.29) is 23.9 Å². The van der Waals surface area contributed by atoms with E-state index in [9.17, 15) is 15.0 Å². The zero-order valence-corrected chi connectivity index (χ0v) is 19.5. The first-order chi connectivity index (χ1) is 16.0. The lowest BCUT2D eigenvalue weighted by molar-refractivity contribution is -0.230. The lowest BCUT2D eigenvalue weighted by Gasteiger charge is -2.49. The summed E-state index contributed by atoms with van der Waals surface area (Å²) in [4.78, 5) is 23.8. The first-order valence-electron chi connectivity index (χ1n) is 11.4. The van der Waals surface area contributed by atoms with Crippen LogP contribution in [0.2, 0.25) is 0 Å². The zero-order valence-electron chi connectivity index (χ0n) is 19.5. The van der Waals surface area contributed by atoms with E-state index < -0.39 is 35.5 Å². The molecule has 1 amide bonds. The van der Waals surface area contributed by atoms with Gasteiger partial charge in [-0.1, -0.05) is 26.0 Å². The number of guanidine groups is 2. The summed E-state index contributed by atoms with van der Waals surface area (Å²) in [6.07, 6.45) is 0.836. The second-order valence-corrected chi connectivity index (χ2v) is 9.99. The average Bonchev–Trinajstić information content (AvgIpc) is 3.23. The zero-order chi connectivity index (χ0) is 24.5. The number of aliphatic imine (C=N–C) groups is 2. The number of carbonyl (C=O) groups is 1. The van der Waals surface area contributed by atoms with Gasteiger partial charge in [-0.05, 0) is 24.9 Å². The van der Waals surface area contributed by atoms with Crippen LogP contribution in [0, 0.1) is 0 Å². The Morgan fingerprint density at radius 3 is 2.82 bits per heavy atom. The minimum Gasteiger partial charge on any atom is -0.492 e. The molecule has 12 heteroatoms. The molecular weight excluding hydrogens is 440 g/mol. The van der Waals surface area contributed by atoms with Crippen LogP contribution in [0.25, 0.3) is 0 Å². The van der Waals surface area contributed by atoms with Crippen molar-refractivity contribution in [3.63, 3.8) is 0 Å². The van der Waals surface area contributed by atoms with Crippen molar-refractivity contribution < 1.29 is 19.7 Å². The third-order valence-electron chi connectivity index (χ3n) is 7.48. The summed E-state index contributed by atoms with van der Waals surface area (Å²) in [6.45, 7) is 5.10. The molecule has 1 spiro atoms. The summed E-state index contributed by atoms with van der Waals surface area (Å²) in [7, 11) is 1.76. The number of hydrogen-bond donors (Lipinski definition) is 7. The van der Waals surface area contributed by atoms with Crippen LogP contribution >= 0.6 is 0 Å². The fraction of sp³-hybridized carbons (Fsp3) is 0.591. The molecule has 4 aliphatic heterocycles. The molecule has 4 heterocycles. The Bertz CT molecular complexity index is 1090. The molecule has 3 unspecified atom stereocenters. The molecule has 34 heavy (non-hydrogen) atoms. The van der Waals surface area contributed by atoms with Gasteiger partial charge in [0.2, 0.25) is 5.79 Å². The van der Waals surface area contributed by atoms with Gasteiger partial charge in [-0.25, -0.2) is 9.98 Å². The van der Waals surface area contributed by atoms with E-state index in [2.05, 4.69) is 39.8 Å². The van der Waals surface area contributed by atoms with Crippen molar-refractivity contribution in [2.45, 2.75) is 55.3 Å². The van der Waals surface area contributed by atoms with E-state index >= 15 is 0 Å². The Balaban J connectivity index is 1.48. The molecule has 1 aromatic carbocycles. The number of nitrogens with one attached hydrogen (secondary N) is 3. The van der Waals surface area contributed by atoms with Crippen LogP contribution in [-0.4, -0.2) is 89.3 Å². The molecule has 9 N–H and O–H groups in total. The SMILES string of the molecule is CNC[C@@H]1N=C(N)N2CC(NC(=O)c3cccc4c3OCCC4(C)C)C(O)(O)C23NC(N)=NC13. The number of nitrogens with zero attached hydrogens (tertiary/aromatic N) is 3. The fourth-order valence-electron chi connectivity index (χ4n) is 5.64. The van der Waals surface area contributed by atoms with E-state index in [1.165, 1.54) is 4.90 Å². The van der Waals surface area contributed by atoms with Gasteiger partial charge < -0.3 is 47.3 Å². The van der Waals surface area contributed by atoms with Crippen molar-refractivity contribution in [3.05, 3.63) is 29.3 Å². The first kappa shape index (κ1) is 22.7. The smallest absolute Gasteiger partial charge is 0.255 e. The summed E-state index contributed by atoms with van der Waals surface area (Å²) >= 11 is 0. The van der Waals surface area contributed by atoms with Crippen molar-refractivity contribution in [3.8, 4) is 5.75 Å². The number of amides is 1. The predicted octanol–water partition coefficient (Wildman–Crippen LogP) is -2.26. The van der Waals surface area contributed by atoms with E-state index in [0.717, 1.165) is 12.0 Å². The van der Waals surface area contributed by atoms with Gasteiger partial charge in [0.15, 0.2) is 17.6 Å². The van der Waals surface area contributed by atoms with Crippen molar-refractivity contribution in [2.24, 2.45) is 21.5 Å². The minimum atomic E-state index is -2.47. The first-order valence-corrected chi connectivity index (χ1v) is 11.4. The summed E-state index contributed by atoms with van der Waals surface area (Å²) in [5.41, 5.74) is 11.8. The third kappa shape index (κ3) is 2.98. The van der Waals surface area contributed by atoms with Crippen molar-refractivity contribution in [1.29, 1.82) is 0 Å². The van der Waals surface area contributed by atoms with Crippen LogP contribution in [0.1, 0.15) is 36.2 Å². The standard InChI is InChI=1S/C22H32N8O4/c1-20(2)7-8-34-15-11(5-4-6-12(15)20)17(31)27-14-10-30-19(24)26-13(9-25-3)16-21(30,22(14,32)33)29-18(23)28-16/h4-6,13-14,16,25,32-33H,7-10H2,1-3H3,(H2,24,26)(H,27,31)(H3,23,28,29)/t13-,14?,16?,21?/m0/s1. The Labute approximate surface area is 197 Å². The number of hydrogen-bond acceptors (Lipinski definition) is 11. The summed E-state index contributed by atoms with van der Waals surface area (Å²) in [6, 6.07) is 3.09. The molecule has 5 rings (SSSR count). The molecule has 12 nitrogen and oxygen atoms in total. The molecular formula is C22H32N8O4. The van der Waals surface area contributed by atoms with Crippen molar-refractivity contribution in [2.75, 3.05) is 26.7 Å². The van der Waals surface area contributed by atoms with Gasteiger partial charge in [-0.3, -0.25) is 4.79 Å². The van der Waals surface area contributed by atoms with Gasteiger partial charge in [0, 0.05) is 18.7 Å². The van der Waals surface area contributed by atoms with Gasteiger partial charge in [-0.15, -0.1) is 0 Å². The molecule has 1 fully saturated rings. The quantitative estimate of drug-likeness (QED) is 0.238. The van der Waals surface area contributed by atoms with Gasteiger partial charge in [0.1, 0.15) is 17.8 Å². The van der Waals surface area contributed by atoms with Gasteiger partial charge in [0.05, 0.1) is 18.2 Å². The number of fused-ring (bicyclic) bond motifs is 1. The van der Waals surface area contributed by atoms with E-state index in [0.29, 0.717) is 24.5 Å². The second kappa shape index (κ2) is 7.45. The molecule has 0 bridgehead atoms. The predicted molar refractivity (Wildman–Crippen MR) is 125 cm³/mol. The lowest BCUT2D eigenvalue weighted by atomic mass is 9.79. The lowest BCUT2D eigenvalue weighted by Crippen LogP contribution is -2.78. The monoisotopic (exact) mass is 472 g/mol. The van der Waals surface area contributed by atoms with Crippen molar-refractivity contribution in [1.82, 2.24) is 20.9 Å². The summed E-state index contributed by atoms with van der Waals surface area (Å²) in [5.74, 6) is -2.27. The summed E-state index contributed by atoms with van der Waals surface area (Å²) < 4.78 is 5.87. The van der Waals surface area contributed by atoms with Gasteiger partial charge in [0.25, 0.3) is 5.91 Å². The number of ether oxygens (including phenoxy) is 1. The highest BCUT2D eigenvalue weighted by Crippen LogP contribution is 2.45. The molecule has 4 aliphatic rings. The minimum absolute atomic E-state index is 0.00593. The molecule has 184 valence electrons. The molecule has 0 saturated carbocycles. The number of benzene rings is 1. The van der Waals surface area contributed by atoms with Crippen molar-refractivity contribution >= 4 is 17.8 Å². The number of rotatable bonds is 4. The number of nitrogens with two attached hydrogens (primary N) is 2. The fourth-order valence-corrected chi connectivity index (χ4v) is 5.64. The largest absolute Gasteiger partial charge is 0.492 e. The Hall–Kier alpha value is -3.09. The Morgan fingerprint density at radius 2 is 2.09 bits per heavy atom. The van der Waals surface area contributed by atoms with Crippen LogP contribution in [0.4, 0.5) is 0 Å². The number of aliphatic hydroxyl groups is 2. The van der Waals surface area contributed by atoms with E-state index in [1.54, 1.807) is 13.1 Å². The molecule has 1 aromatic rings. The number of likely N-dealkylation sites (N-methyl/N-ethyl adjacent to an activating group) is 1. The normalized spacial score (nSPS) is 32.4. The molecule has 4 atom stereocenters. The van der Waals surface area contributed by atoms with Crippen LogP contribution in [0.15, 0.2) is 28.2 Å². The maximum atomic E-state index is 13.4. The summed E-state index contributed by atoms with van der Waals surface area (Å²) in [5, 5.41) is 31.7. The van der Waals surface area contributed by atoms with E-state index in [4.69, 9.17) is 16.2 Å². The molecule has 0 aromatic heterocycles. The highest BCUT2D eigenvalue weighted by molar-refractivity contribution is 5.98. The van der Waals surface area contributed by atoms with Crippen LogP contribution < -0.4 is 32.2 Å². The van der Waals surface area contributed by atoms with Crippen LogP contribution in [0.5, 0.6) is 5.75 Å². The Morgan fingerprint density at radius 1 is 1.32 bits per heavy atom. The number of para-hydroxylation sites is 1. The van der Waals surface area contributed by atoms with E-state index in [1.807, 2.05) is 12.1 Å². The molecule has 1 saturated heterocycles. The highest BCUT2D eigenvalue weighted by atomic mass is 16.5. The number of carbonyl (C=O) groups excluding carboxylic acids is 1. The second-order valence-electron chi connectivity index (χ2n) is 9.99. The highest BCUT2D eigenvalue weighted by Gasteiger charge is 2.73. The molecule has 0 aliphatic carbocycles. The third-order valence-corrected chi connectivity index (χ3v) is 7.48. The Kier molecular flexibility index (Phi) is 4.97. The van der Waals surface area contributed by atoms with Gasteiger partial charge in [-0.2, -0.15) is 0 Å². The maximum absolute atomic E-state index is 13.4. The van der Waals surface area contributed by atoms with Crippen LogP contribution in [-0.2, 0) is 5.41 Å². The molecule has 0 radical (unpaired) electrons. The van der Waals surface area contributed by atoms with Gasteiger partial charge >= 0.3 is 0 Å².